The Bertz CT molecular complexity index is 581. The Hall–Kier alpha value is -1.42. The summed E-state index contributed by atoms with van der Waals surface area (Å²) in [6.07, 6.45) is 6.58. The van der Waals surface area contributed by atoms with Gasteiger partial charge in [-0.3, -0.25) is 0 Å². The normalized spacial score (nSPS) is 23.3. The van der Waals surface area contributed by atoms with Crippen molar-refractivity contribution in [2.24, 2.45) is 0 Å². The largest absolute Gasteiger partial charge is 0.316 e. The molecule has 0 bridgehead atoms. The molecule has 1 unspecified atom stereocenters. The number of hydrogen-bond acceptors (Lipinski definition) is 3. The third kappa shape index (κ3) is 2.12. The topological polar surface area (TPSA) is 42.7 Å². The average Bonchev–Trinajstić information content (AvgIpc) is 2.88. The molecule has 4 nitrogen and oxygen atoms in total. The summed E-state index contributed by atoms with van der Waals surface area (Å²) in [6.45, 7) is 7.68. The van der Waals surface area contributed by atoms with E-state index in [0.717, 1.165) is 43.6 Å². The molecule has 3 rings (SSSR count). The van der Waals surface area contributed by atoms with Crippen molar-refractivity contribution in [3.8, 4) is 0 Å². The van der Waals surface area contributed by atoms with Crippen LogP contribution in [0.4, 0.5) is 0 Å². The number of piperidine rings is 1. The van der Waals surface area contributed by atoms with Gasteiger partial charge in [-0.2, -0.15) is 0 Å². The molecule has 2 aromatic rings. The smallest absolute Gasteiger partial charge is 0.159 e. The molecular formula is C16H24N4. The minimum Gasteiger partial charge on any atom is -0.316 e. The molecule has 0 aliphatic carbocycles. The predicted molar refractivity (Wildman–Crippen MR) is 81.9 cm³/mol. The molecule has 1 aliphatic heterocycles. The van der Waals surface area contributed by atoms with Crippen molar-refractivity contribution >= 4 is 11.2 Å². The zero-order chi connectivity index (χ0) is 14.0. The first kappa shape index (κ1) is 13.6. The van der Waals surface area contributed by atoms with Gasteiger partial charge in [0.2, 0.25) is 0 Å². The molecule has 20 heavy (non-hydrogen) atoms. The summed E-state index contributed by atoms with van der Waals surface area (Å²) in [5.41, 5.74) is 2.26. The molecule has 0 saturated carbocycles. The number of rotatable bonds is 4. The first-order valence-electron chi connectivity index (χ1n) is 7.83. The van der Waals surface area contributed by atoms with Gasteiger partial charge in [-0.1, -0.05) is 13.8 Å². The van der Waals surface area contributed by atoms with E-state index in [1.165, 1.54) is 18.7 Å². The Morgan fingerprint density at radius 3 is 3.00 bits per heavy atom. The Morgan fingerprint density at radius 2 is 2.30 bits per heavy atom. The molecule has 1 fully saturated rings. The van der Waals surface area contributed by atoms with Crippen molar-refractivity contribution in [3.63, 3.8) is 0 Å². The number of aryl methyl sites for hydroxylation is 1. The van der Waals surface area contributed by atoms with Gasteiger partial charge in [0.25, 0.3) is 0 Å². The zero-order valence-corrected chi connectivity index (χ0v) is 12.5. The fraction of sp³-hybridized carbons (Fsp3) is 0.625. The Balaban J connectivity index is 2.15. The van der Waals surface area contributed by atoms with E-state index < -0.39 is 0 Å². The first-order chi connectivity index (χ1) is 9.80. The highest BCUT2D eigenvalue weighted by atomic mass is 15.1. The molecule has 108 valence electrons. The van der Waals surface area contributed by atoms with Crippen molar-refractivity contribution in [1.82, 2.24) is 19.9 Å². The number of imidazole rings is 1. The molecule has 3 heterocycles. The van der Waals surface area contributed by atoms with E-state index >= 15 is 0 Å². The van der Waals surface area contributed by atoms with Crippen LogP contribution in [-0.2, 0) is 12.0 Å². The number of nitrogens with one attached hydrogen (secondary N) is 1. The minimum absolute atomic E-state index is 0.175. The highest BCUT2D eigenvalue weighted by Gasteiger charge is 2.37. The van der Waals surface area contributed by atoms with E-state index in [2.05, 4.69) is 34.8 Å². The van der Waals surface area contributed by atoms with E-state index in [1.54, 1.807) is 0 Å². The number of aromatic nitrogens is 3. The van der Waals surface area contributed by atoms with Crippen LogP contribution < -0.4 is 5.32 Å². The monoisotopic (exact) mass is 272 g/mol. The molecule has 0 spiro atoms. The predicted octanol–water partition coefficient (Wildman–Crippen LogP) is 2.87. The molecule has 4 heteroatoms. The van der Waals surface area contributed by atoms with Crippen LogP contribution >= 0.6 is 0 Å². The molecule has 0 aromatic carbocycles. The lowest BCUT2D eigenvalue weighted by molar-refractivity contribution is 0.279. The van der Waals surface area contributed by atoms with Gasteiger partial charge in [-0.25, -0.2) is 9.97 Å². The SMILES string of the molecule is CCCn1c(C2(CC)CCCNC2)nc2cccnc21. The van der Waals surface area contributed by atoms with E-state index in [-0.39, 0.29) is 5.41 Å². The number of fused-ring (bicyclic) bond motifs is 1. The number of nitrogens with zero attached hydrogens (tertiary/aromatic N) is 3. The van der Waals surface area contributed by atoms with Crippen molar-refractivity contribution in [2.75, 3.05) is 13.1 Å². The second kappa shape index (κ2) is 5.52. The third-order valence-corrected chi connectivity index (χ3v) is 4.57. The van der Waals surface area contributed by atoms with Gasteiger partial charge in [-0.05, 0) is 44.4 Å². The fourth-order valence-electron chi connectivity index (χ4n) is 3.42. The minimum atomic E-state index is 0.175. The quantitative estimate of drug-likeness (QED) is 0.930. The van der Waals surface area contributed by atoms with Gasteiger partial charge < -0.3 is 9.88 Å². The lowest BCUT2D eigenvalue weighted by atomic mass is 9.77. The maximum absolute atomic E-state index is 4.96. The van der Waals surface area contributed by atoms with E-state index in [9.17, 15) is 0 Å². The fourth-order valence-corrected chi connectivity index (χ4v) is 3.42. The summed E-state index contributed by atoms with van der Waals surface area (Å²) in [5, 5.41) is 3.57. The van der Waals surface area contributed by atoms with Gasteiger partial charge in [0.15, 0.2) is 5.65 Å². The van der Waals surface area contributed by atoms with Gasteiger partial charge >= 0.3 is 0 Å². The second-order valence-corrected chi connectivity index (χ2v) is 5.85. The lowest BCUT2D eigenvalue weighted by Crippen LogP contribution is -2.44. The summed E-state index contributed by atoms with van der Waals surface area (Å²) in [5.74, 6) is 1.24. The summed E-state index contributed by atoms with van der Waals surface area (Å²) < 4.78 is 2.35. The molecule has 1 N–H and O–H groups in total. The lowest BCUT2D eigenvalue weighted by Gasteiger charge is -2.36. The van der Waals surface area contributed by atoms with Gasteiger partial charge in [0.1, 0.15) is 11.3 Å². The number of hydrogen-bond donors (Lipinski definition) is 1. The Morgan fingerprint density at radius 1 is 1.40 bits per heavy atom. The van der Waals surface area contributed by atoms with Crippen molar-refractivity contribution in [1.29, 1.82) is 0 Å². The molecule has 0 radical (unpaired) electrons. The molecule has 1 aliphatic rings. The summed E-state index contributed by atoms with van der Waals surface area (Å²) in [6, 6.07) is 4.06. The van der Waals surface area contributed by atoms with E-state index in [0.29, 0.717) is 0 Å². The highest BCUT2D eigenvalue weighted by Crippen LogP contribution is 2.35. The van der Waals surface area contributed by atoms with Crippen LogP contribution in [0.1, 0.15) is 45.4 Å². The molecule has 1 saturated heterocycles. The second-order valence-electron chi connectivity index (χ2n) is 5.85. The van der Waals surface area contributed by atoms with Crippen LogP contribution in [-0.4, -0.2) is 27.6 Å². The maximum atomic E-state index is 4.96. The van der Waals surface area contributed by atoms with Gasteiger partial charge in [-0.15, -0.1) is 0 Å². The van der Waals surface area contributed by atoms with Crippen molar-refractivity contribution in [3.05, 3.63) is 24.2 Å². The van der Waals surface area contributed by atoms with Gasteiger partial charge in [0.05, 0.1) is 0 Å². The first-order valence-corrected chi connectivity index (χ1v) is 7.83. The van der Waals surface area contributed by atoms with Crippen LogP contribution in [0.3, 0.4) is 0 Å². The van der Waals surface area contributed by atoms with Crippen LogP contribution in [0, 0.1) is 0 Å². The van der Waals surface area contributed by atoms with E-state index in [1.807, 2.05) is 12.3 Å². The summed E-state index contributed by atoms with van der Waals surface area (Å²) in [4.78, 5) is 9.52. The standard InChI is InChI=1S/C16H24N4/c1-3-11-20-14-13(7-5-10-18-14)19-15(20)16(4-2)8-6-9-17-12-16/h5,7,10,17H,3-4,6,8-9,11-12H2,1-2H3. The summed E-state index contributed by atoms with van der Waals surface area (Å²) in [7, 11) is 0. The Kier molecular flexibility index (Phi) is 3.74. The third-order valence-electron chi connectivity index (χ3n) is 4.57. The average molecular weight is 272 g/mol. The molecule has 1 atom stereocenters. The van der Waals surface area contributed by atoms with Crippen LogP contribution in [0.2, 0.25) is 0 Å². The van der Waals surface area contributed by atoms with Crippen molar-refractivity contribution in [2.45, 2.75) is 51.5 Å². The Labute approximate surface area is 120 Å². The van der Waals surface area contributed by atoms with Crippen molar-refractivity contribution < 1.29 is 0 Å². The van der Waals surface area contributed by atoms with Crippen LogP contribution in [0.5, 0.6) is 0 Å². The molecule has 0 amide bonds. The molecule has 2 aromatic heterocycles. The van der Waals surface area contributed by atoms with Crippen LogP contribution in [0.25, 0.3) is 11.2 Å². The van der Waals surface area contributed by atoms with Crippen LogP contribution in [0.15, 0.2) is 18.3 Å². The van der Waals surface area contributed by atoms with Gasteiger partial charge in [0, 0.05) is 24.7 Å². The molecular weight excluding hydrogens is 248 g/mol. The summed E-state index contributed by atoms with van der Waals surface area (Å²) >= 11 is 0. The number of pyridine rings is 1. The maximum Gasteiger partial charge on any atom is 0.159 e. The zero-order valence-electron chi connectivity index (χ0n) is 12.5. The van der Waals surface area contributed by atoms with E-state index in [4.69, 9.17) is 4.98 Å². The highest BCUT2D eigenvalue weighted by molar-refractivity contribution is 5.71.